The molecule has 43 heavy (non-hydrogen) atoms. The highest BCUT2D eigenvalue weighted by Crippen LogP contribution is 2.32. The average molecular weight is 590 g/mol. The Morgan fingerprint density at radius 1 is 1.05 bits per heavy atom. The summed E-state index contributed by atoms with van der Waals surface area (Å²) in [6.45, 7) is 11.0. The molecule has 6 nitrogen and oxygen atoms in total. The number of fused-ring (bicyclic) bond motifs is 2. The maximum absolute atomic E-state index is 14.2. The van der Waals surface area contributed by atoms with Crippen LogP contribution in [0.15, 0.2) is 100 Å². The summed E-state index contributed by atoms with van der Waals surface area (Å²) in [4.78, 5) is 32.7. The summed E-state index contributed by atoms with van der Waals surface area (Å²) in [7, 11) is 0. The van der Waals surface area contributed by atoms with Crippen LogP contribution in [0, 0.1) is 6.92 Å². The zero-order chi connectivity index (χ0) is 30.2. The quantitative estimate of drug-likeness (QED) is 0.211. The molecule has 7 heteroatoms. The summed E-state index contributed by atoms with van der Waals surface area (Å²) in [6, 6.07) is 24.3. The number of ether oxygens (including phenoxy) is 1. The number of carbonyl (C=O) groups excluding carboxylic acids is 1. The van der Waals surface area contributed by atoms with Gasteiger partial charge in [0.15, 0.2) is 4.80 Å². The third-order valence-corrected chi connectivity index (χ3v) is 8.96. The van der Waals surface area contributed by atoms with Gasteiger partial charge in [-0.05, 0) is 55.5 Å². The molecule has 0 bridgehead atoms. The Balaban J connectivity index is 1.50. The van der Waals surface area contributed by atoms with E-state index in [1.54, 1.807) is 11.5 Å². The van der Waals surface area contributed by atoms with Crippen molar-refractivity contribution >= 4 is 34.3 Å². The number of aromatic nitrogens is 2. The average Bonchev–Trinajstić information content (AvgIpc) is 3.48. The number of thiazole rings is 1. The lowest BCUT2D eigenvalue weighted by Gasteiger charge is -2.25. The molecule has 0 aliphatic carbocycles. The molecule has 0 radical (unpaired) electrons. The van der Waals surface area contributed by atoms with Crippen molar-refractivity contribution in [1.82, 2.24) is 9.13 Å². The molecular formula is C36H35N3O3S. The lowest BCUT2D eigenvalue weighted by Crippen LogP contribution is -2.39. The summed E-state index contributed by atoms with van der Waals surface area (Å²) in [6.07, 6.45) is 4.07. The minimum Gasteiger partial charge on any atom is -0.463 e. The Hall–Kier alpha value is -4.49. The summed E-state index contributed by atoms with van der Waals surface area (Å²) in [5.74, 6) is -0.0823. The molecule has 218 valence electrons. The number of rotatable bonds is 7. The Morgan fingerprint density at radius 3 is 2.53 bits per heavy atom. The molecule has 0 saturated heterocycles. The van der Waals surface area contributed by atoms with E-state index in [-0.39, 0.29) is 12.2 Å². The number of allylic oxidation sites excluding steroid dienone is 1. The van der Waals surface area contributed by atoms with E-state index < -0.39 is 12.0 Å². The van der Waals surface area contributed by atoms with Crippen molar-refractivity contribution < 1.29 is 9.53 Å². The maximum Gasteiger partial charge on any atom is 0.338 e. The lowest BCUT2D eigenvalue weighted by atomic mass is 9.93. The zero-order valence-corrected chi connectivity index (χ0v) is 25.9. The Morgan fingerprint density at radius 2 is 1.81 bits per heavy atom. The van der Waals surface area contributed by atoms with Crippen molar-refractivity contribution in [3.05, 3.63) is 138 Å². The fraction of sp³-hybridized carbons (Fsp3) is 0.250. The summed E-state index contributed by atoms with van der Waals surface area (Å²) >= 11 is 1.35. The van der Waals surface area contributed by atoms with Crippen molar-refractivity contribution in [3.8, 4) is 0 Å². The number of carbonyl (C=O) groups is 1. The van der Waals surface area contributed by atoms with Crippen LogP contribution in [0.1, 0.15) is 67.5 Å². The second-order valence-corrected chi connectivity index (χ2v) is 12.4. The van der Waals surface area contributed by atoms with E-state index in [1.165, 1.54) is 28.0 Å². The molecular weight excluding hydrogens is 554 g/mol. The standard InChI is InChI=1S/C36H35N3O3S/c1-6-42-35(41)32-24(5)37-36-39(33(32)27-16-14-26(15-17-27)22(2)3)34(40)31(43-36)19-28-21-38(30-13-8-7-12-29(28)30)20-25-11-9-10-23(4)18-25/h7-19,21-22,33H,6,20H2,1-5H3. The number of para-hydroxylation sites is 1. The molecule has 1 atom stereocenters. The highest BCUT2D eigenvalue weighted by molar-refractivity contribution is 7.07. The maximum atomic E-state index is 14.2. The van der Waals surface area contributed by atoms with Crippen LogP contribution in [0.4, 0.5) is 0 Å². The van der Waals surface area contributed by atoms with Gasteiger partial charge in [0.25, 0.3) is 5.56 Å². The molecule has 6 rings (SSSR count). The molecule has 2 aromatic heterocycles. The molecule has 1 aliphatic rings. The van der Waals surface area contributed by atoms with Crippen LogP contribution >= 0.6 is 11.3 Å². The number of hydrogen-bond donors (Lipinski definition) is 0. The normalized spacial score (nSPS) is 15.2. The lowest BCUT2D eigenvalue weighted by molar-refractivity contribution is -0.139. The molecule has 1 unspecified atom stereocenters. The number of esters is 1. The van der Waals surface area contributed by atoms with E-state index in [0.717, 1.165) is 28.6 Å². The first kappa shape index (κ1) is 28.6. The second kappa shape index (κ2) is 11.7. The van der Waals surface area contributed by atoms with Gasteiger partial charge < -0.3 is 9.30 Å². The molecule has 3 heterocycles. The van der Waals surface area contributed by atoms with E-state index >= 15 is 0 Å². The van der Waals surface area contributed by atoms with Gasteiger partial charge in [-0.2, -0.15) is 0 Å². The number of nitrogens with zero attached hydrogens (tertiary/aromatic N) is 3. The largest absolute Gasteiger partial charge is 0.463 e. The van der Waals surface area contributed by atoms with Crippen LogP contribution in [0.3, 0.4) is 0 Å². The van der Waals surface area contributed by atoms with Crippen molar-refractivity contribution in [2.75, 3.05) is 6.61 Å². The van der Waals surface area contributed by atoms with Crippen molar-refractivity contribution in [3.63, 3.8) is 0 Å². The van der Waals surface area contributed by atoms with Crippen molar-refractivity contribution in [2.45, 2.75) is 53.1 Å². The molecule has 0 amide bonds. The predicted octanol–water partition coefficient (Wildman–Crippen LogP) is 6.23. The monoisotopic (exact) mass is 589 g/mol. The summed E-state index contributed by atoms with van der Waals surface area (Å²) in [5, 5.41) is 1.07. The Labute approximate surface area is 254 Å². The smallest absolute Gasteiger partial charge is 0.338 e. The summed E-state index contributed by atoms with van der Waals surface area (Å²) in [5.41, 5.74) is 7.34. The van der Waals surface area contributed by atoms with Crippen LogP contribution in [0.2, 0.25) is 0 Å². The Kier molecular flexibility index (Phi) is 7.75. The third-order valence-electron chi connectivity index (χ3n) is 7.98. The zero-order valence-electron chi connectivity index (χ0n) is 25.1. The van der Waals surface area contributed by atoms with Gasteiger partial charge in [0, 0.05) is 29.2 Å². The molecule has 0 spiro atoms. The first-order valence-electron chi connectivity index (χ1n) is 14.7. The molecule has 0 fully saturated rings. The van der Waals surface area contributed by atoms with E-state index in [0.29, 0.717) is 26.5 Å². The number of aryl methyl sites for hydroxylation is 1. The van der Waals surface area contributed by atoms with Crippen LogP contribution < -0.4 is 14.9 Å². The van der Waals surface area contributed by atoms with Gasteiger partial charge in [-0.1, -0.05) is 97.5 Å². The van der Waals surface area contributed by atoms with Crippen molar-refractivity contribution in [2.24, 2.45) is 4.99 Å². The van der Waals surface area contributed by atoms with Gasteiger partial charge in [-0.3, -0.25) is 9.36 Å². The van der Waals surface area contributed by atoms with E-state index in [4.69, 9.17) is 9.73 Å². The van der Waals surface area contributed by atoms with Gasteiger partial charge in [0.1, 0.15) is 0 Å². The molecule has 3 aromatic carbocycles. The fourth-order valence-corrected chi connectivity index (χ4v) is 6.88. The Bertz CT molecular complexity index is 2060. The van der Waals surface area contributed by atoms with Gasteiger partial charge >= 0.3 is 5.97 Å². The van der Waals surface area contributed by atoms with Crippen molar-refractivity contribution in [1.29, 1.82) is 0 Å². The van der Waals surface area contributed by atoms with Crippen LogP contribution in [0.25, 0.3) is 17.0 Å². The van der Waals surface area contributed by atoms with Gasteiger partial charge in [-0.15, -0.1) is 0 Å². The SMILES string of the molecule is CCOC(=O)C1=C(C)N=c2sc(=Cc3cn(Cc4cccc(C)c4)c4ccccc34)c(=O)n2C1c1ccc(C(C)C)cc1. The minimum absolute atomic E-state index is 0.175. The first-order chi connectivity index (χ1) is 20.7. The van der Waals surface area contributed by atoms with Crippen LogP contribution in [0.5, 0.6) is 0 Å². The third kappa shape index (κ3) is 5.41. The molecule has 5 aromatic rings. The van der Waals surface area contributed by atoms with Gasteiger partial charge in [0.2, 0.25) is 0 Å². The van der Waals surface area contributed by atoms with Crippen LogP contribution in [-0.2, 0) is 16.1 Å². The first-order valence-corrected chi connectivity index (χ1v) is 15.5. The van der Waals surface area contributed by atoms with Crippen LogP contribution in [-0.4, -0.2) is 21.7 Å². The highest BCUT2D eigenvalue weighted by Gasteiger charge is 2.33. The van der Waals surface area contributed by atoms with E-state index in [1.807, 2.05) is 37.3 Å². The number of benzene rings is 3. The molecule has 0 saturated carbocycles. The van der Waals surface area contributed by atoms with E-state index in [2.05, 4.69) is 80.1 Å². The summed E-state index contributed by atoms with van der Waals surface area (Å²) < 4.78 is 9.91. The van der Waals surface area contributed by atoms with Gasteiger partial charge in [0.05, 0.1) is 28.5 Å². The van der Waals surface area contributed by atoms with Gasteiger partial charge in [-0.25, -0.2) is 9.79 Å². The number of hydrogen-bond acceptors (Lipinski definition) is 5. The second-order valence-electron chi connectivity index (χ2n) is 11.3. The highest BCUT2D eigenvalue weighted by atomic mass is 32.1. The fourth-order valence-electron chi connectivity index (χ4n) is 5.84. The predicted molar refractivity (Wildman–Crippen MR) is 173 cm³/mol. The molecule has 1 aliphatic heterocycles. The minimum atomic E-state index is -0.624. The van der Waals surface area contributed by atoms with E-state index in [9.17, 15) is 9.59 Å². The topological polar surface area (TPSA) is 65.6 Å². The molecule has 0 N–H and O–H groups in total.